The molecule has 29 heavy (non-hydrogen) atoms. The molecular formula is C18H27BrN4O5S. The predicted octanol–water partition coefficient (Wildman–Crippen LogP) is 1.58. The van der Waals surface area contributed by atoms with E-state index in [-0.39, 0.29) is 39.1 Å². The van der Waals surface area contributed by atoms with E-state index in [1.165, 1.54) is 4.31 Å². The third-order valence-corrected chi connectivity index (χ3v) is 8.09. The minimum absolute atomic E-state index is 0.0998. The first-order valence-corrected chi connectivity index (χ1v) is 11.8. The molecule has 0 unspecified atom stereocenters. The summed E-state index contributed by atoms with van der Waals surface area (Å²) in [5, 5.41) is 0. The van der Waals surface area contributed by atoms with Gasteiger partial charge in [0.1, 0.15) is 16.0 Å². The molecule has 162 valence electrons. The van der Waals surface area contributed by atoms with Crippen LogP contribution in [0.15, 0.2) is 17.0 Å². The van der Waals surface area contributed by atoms with Crippen molar-refractivity contribution in [2.45, 2.75) is 44.0 Å². The summed E-state index contributed by atoms with van der Waals surface area (Å²) in [5.74, 6) is 0.00711. The van der Waals surface area contributed by atoms with Crippen molar-refractivity contribution < 1.29 is 22.7 Å². The minimum Gasteiger partial charge on any atom is -0.459 e. The molecule has 0 N–H and O–H groups in total. The number of carbonyl (C=O) groups excluding carboxylic acids is 1. The van der Waals surface area contributed by atoms with Gasteiger partial charge in [0.25, 0.3) is 0 Å². The molecule has 0 aliphatic carbocycles. The largest absolute Gasteiger partial charge is 0.459 e. The van der Waals surface area contributed by atoms with Gasteiger partial charge in [-0.25, -0.2) is 18.4 Å². The van der Waals surface area contributed by atoms with Gasteiger partial charge < -0.3 is 14.4 Å². The Hall–Kier alpha value is -1.30. The molecule has 0 spiro atoms. The number of halogens is 1. The number of aromatic nitrogens is 2. The highest BCUT2D eigenvalue weighted by atomic mass is 79.9. The summed E-state index contributed by atoms with van der Waals surface area (Å²) < 4.78 is 38.5. The lowest BCUT2D eigenvalue weighted by atomic mass is 9.99. The topological polar surface area (TPSA) is 102 Å². The fourth-order valence-electron chi connectivity index (χ4n) is 3.51. The van der Waals surface area contributed by atoms with Crippen LogP contribution in [0.3, 0.4) is 0 Å². The van der Waals surface area contributed by atoms with Crippen LogP contribution >= 0.6 is 15.9 Å². The van der Waals surface area contributed by atoms with Crippen molar-refractivity contribution in [2.24, 2.45) is 0 Å². The molecule has 0 atom stereocenters. The highest BCUT2D eigenvalue weighted by Crippen LogP contribution is 2.35. The molecule has 3 heterocycles. The molecule has 2 aliphatic heterocycles. The molecule has 1 aromatic heterocycles. The Morgan fingerprint density at radius 3 is 2.28 bits per heavy atom. The van der Waals surface area contributed by atoms with Crippen LogP contribution in [0.4, 0.5) is 5.82 Å². The predicted molar refractivity (Wildman–Crippen MR) is 111 cm³/mol. The lowest BCUT2D eigenvalue weighted by Gasteiger charge is -2.42. The maximum atomic E-state index is 13.6. The third kappa shape index (κ3) is 4.73. The first kappa shape index (κ1) is 22.4. The number of nitrogens with zero attached hydrogens (tertiary/aromatic N) is 4. The van der Waals surface area contributed by atoms with Crippen molar-refractivity contribution in [3.05, 3.63) is 17.0 Å². The maximum Gasteiger partial charge on any atom is 0.329 e. The van der Waals surface area contributed by atoms with E-state index in [4.69, 9.17) is 9.47 Å². The van der Waals surface area contributed by atoms with Crippen molar-refractivity contribution in [3.63, 3.8) is 0 Å². The zero-order valence-electron chi connectivity index (χ0n) is 16.9. The Kier molecular flexibility index (Phi) is 6.52. The van der Waals surface area contributed by atoms with E-state index < -0.39 is 26.3 Å². The van der Waals surface area contributed by atoms with Gasteiger partial charge in [0.15, 0.2) is 4.75 Å². The molecule has 0 aromatic carbocycles. The first-order chi connectivity index (χ1) is 13.6. The molecule has 2 fully saturated rings. The van der Waals surface area contributed by atoms with Gasteiger partial charge in [-0.3, -0.25) is 4.79 Å². The SMILES string of the molecule is CC(C)(C)OC(=O)C1(S(=O)(=O)N2CCN(c3cnc(Br)cn3)CC2)CCOCC1. The molecule has 2 aliphatic rings. The zero-order chi connectivity index (χ0) is 21.3. The summed E-state index contributed by atoms with van der Waals surface area (Å²) in [6.45, 7) is 7.12. The number of carbonyl (C=O) groups is 1. The van der Waals surface area contributed by atoms with Gasteiger partial charge in [-0.1, -0.05) is 0 Å². The summed E-state index contributed by atoms with van der Waals surface area (Å²) >= 11 is 3.26. The summed E-state index contributed by atoms with van der Waals surface area (Å²) in [7, 11) is -3.92. The van der Waals surface area contributed by atoms with Gasteiger partial charge in [0.05, 0.1) is 12.4 Å². The van der Waals surface area contributed by atoms with Gasteiger partial charge in [-0.15, -0.1) is 0 Å². The second-order valence-corrected chi connectivity index (χ2v) is 11.3. The summed E-state index contributed by atoms with van der Waals surface area (Å²) in [5.41, 5.74) is -0.767. The molecule has 2 saturated heterocycles. The van der Waals surface area contributed by atoms with Crippen molar-refractivity contribution >= 4 is 37.7 Å². The van der Waals surface area contributed by atoms with Crippen LogP contribution in [-0.4, -0.2) is 78.4 Å². The van der Waals surface area contributed by atoms with E-state index in [1.54, 1.807) is 33.2 Å². The van der Waals surface area contributed by atoms with Crippen LogP contribution in [-0.2, 0) is 24.3 Å². The Bertz CT molecular complexity index is 827. The monoisotopic (exact) mass is 490 g/mol. The Morgan fingerprint density at radius 2 is 1.76 bits per heavy atom. The van der Waals surface area contributed by atoms with Crippen LogP contribution in [0.5, 0.6) is 0 Å². The van der Waals surface area contributed by atoms with E-state index in [0.717, 1.165) is 0 Å². The van der Waals surface area contributed by atoms with E-state index in [2.05, 4.69) is 25.9 Å². The van der Waals surface area contributed by atoms with E-state index in [9.17, 15) is 13.2 Å². The zero-order valence-corrected chi connectivity index (χ0v) is 19.3. The van der Waals surface area contributed by atoms with Gasteiger partial charge in [-0.2, -0.15) is 4.31 Å². The second kappa shape index (κ2) is 8.44. The van der Waals surface area contributed by atoms with Crippen LogP contribution in [0.25, 0.3) is 0 Å². The number of ether oxygens (including phenoxy) is 2. The number of rotatable bonds is 4. The quantitative estimate of drug-likeness (QED) is 0.586. The van der Waals surface area contributed by atoms with Crippen molar-refractivity contribution in [1.29, 1.82) is 0 Å². The number of hydrogen-bond donors (Lipinski definition) is 0. The summed E-state index contributed by atoms with van der Waals surface area (Å²) in [6.07, 6.45) is 3.46. The van der Waals surface area contributed by atoms with Gasteiger partial charge in [0.2, 0.25) is 10.0 Å². The van der Waals surface area contributed by atoms with E-state index in [1.807, 2.05) is 4.90 Å². The van der Waals surface area contributed by atoms with Gasteiger partial charge in [-0.05, 0) is 36.7 Å². The average molecular weight is 491 g/mol. The number of hydrogen-bond acceptors (Lipinski definition) is 8. The molecule has 9 nitrogen and oxygen atoms in total. The molecule has 11 heteroatoms. The Balaban J connectivity index is 1.78. The smallest absolute Gasteiger partial charge is 0.329 e. The molecule has 0 bridgehead atoms. The first-order valence-electron chi connectivity index (χ1n) is 9.59. The number of piperazine rings is 1. The number of sulfonamides is 1. The molecule has 0 amide bonds. The normalized spacial score (nSPS) is 21.0. The maximum absolute atomic E-state index is 13.6. The molecular weight excluding hydrogens is 464 g/mol. The lowest BCUT2D eigenvalue weighted by molar-refractivity contribution is -0.161. The van der Waals surface area contributed by atoms with Crippen LogP contribution in [0.1, 0.15) is 33.6 Å². The molecule has 0 radical (unpaired) electrons. The van der Waals surface area contributed by atoms with E-state index >= 15 is 0 Å². The fraction of sp³-hybridized carbons (Fsp3) is 0.722. The molecule has 1 aromatic rings. The Labute approximate surface area is 180 Å². The highest BCUT2D eigenvalue weighted by molar-refractivity contribution is 9.10. The number of anilines is 1. The summed E-state index contributed by atoms with van der Waals surface area (Å²) in [6, 6.07) is 0. The standard InChI is InChI=1S/C18H27BrN4O5S/c1-17(2,3)28-16(24)18(4-10-27-11-5-18)29(25,26)23-8-6-22(7-9-23)15-13-20-14(19)12-21-15/h12-13H,4-11H2,1-3H3. The average Bonchev–Trinajstić information content (AvgIpc) is 2.68. The Morgan fingerprint density at radius 1 is 1.14 bits per heavy atom. The lowest BCUT2D eigenvalue weighted by Crippen LogP contribution is -2.61. The molecule has 0 saturated carbocycles. The highest BCUT2D eigenvalue weighted by Gasteiger charge is 2.56. The van der Waals surface area contributed by atoms with Crippen molar-refractivity contribution in [1.82, 2.24) is 14.3 Å². The fourth-order valence-corrected chi connectivity index (χ4v) is 5.79. The van der Waals surface area contributed by atoms with Crippen LogP contribution in [0.2, 0.25) is 0 Å². The van der Waals surface area contributed by atoms with Crippen LogP contribution < -0.4 is 4.90 Å². The van der Waals surface area contributed by atoms with Crippen molar-refractivity contribution in [3.8, 4) is 0 Å². The minimum atomic E-state index is -3.92. The summed E-state index contributed by atoms with van der Waals surface area (Å²) in [4.78, 5) is 23.5. The third-order valence-electron chi connectivity index (χ3n) is 5.07. The molecule has 3 rings (SSSR count). The van der Waals surface area contributed by atoms with Crippen LogP contribution in [0, 0.1) is 0 Å². The van der Waals surface area contributed by atoms with Gasteiger partial charge >= 0.3 is 5.97 Å². The number of esters is 1. The van der Waals surface area contributed by atoms with Crippen molar-refractivity contribution in [2.75, 3.05) is 44.3 Å². The van der Waals surface area contributed by atoms with Gasteiger partial charge in [0, 0.05) is 52.2 Å². The van der Waals surface area contributed by atoms with E-state index in [0.29, 0.717) is 23.5 Å². The second-order valence-electron chi connectivity index (χ2n) is 8.20.